The fourth-order valence-corrected chi connectivity index (χ4v) is 3.14. The van der Waals surface area contributed by atoms with Gasteiger partial charge in [-0.15, -0.1) is 0 Å². The number of carbonyl (C=O) groups is 1. The molecule has 8 nitrogen and oxygen atoms in total. The summed E-state index contributed by atoms with van der Waals surface area (Å²) in [6, 6.07) is 3.35. The Bertz CT molecular complexity index is 704. The first kappa shape index (κ1) is 20.0. The minimum atomic E-state index is -4.02. The molecule has 0 spiro atoms. The van der Waals surface area contributed by atoms with Gasteiger partial charge in [0.25, 0.3) is 5.69 Å². The van der Waals surface area contributed by atoms with Crippen molar-refractivity contribution in [1.82, 2.24) is 4.72 Å². The fourth-order valence-electron chi connectivity index (χ4n) is 1.80. The molecule has 0 heterocycles. The van der Waals surface area contributed by atoms with Crippen LogP contribution in [0.25, 0.3) is 0 Å². The lowest BCUT2D eigenvalue weighted by atomic mass is 10.1. The van der Waals surface area contributed by atoms with Crippen molar-refractivity contribution < 1.29 is 22.9 Å². The second kappa shape index (κ2) is 7.27. The first-order valence-corrected chi connectivity index (χ1v) is 8.81. The van der Waals surface area contributed by atoms with Crippen molar-refractivity contribution in [2.45, 2.75) is 51.2 Å². The van der Waals surface area contributed by atoms with Gasteiger partial charge in [-0.2, -0.15) is 4.72 Å². The van der Waals surface area contributed by atoms with Crippen molar-refractivity contribution in [3.05, 3.63) is 34.4 Å². The summed E-state index contributed by atoms with van der Waals surface area (Å²) in [6.07, 6.45) is 0. The third-order valence-electron chi connectivity index (χ3n) is 2.97. The van der Waals surface area contributed by atoms with E-state index in [1.54, 1.807) is 34.6 Å². The highest BCUT2D eigenvalue weighted by atomic mass is 32.2. The zero-order valence-corrected chi connectivity index (χ0v) is 15.1. The third kappa shape index (κ3) is 5.57. The molecule has 9 heteroatoms. The van der Waals surface area contributed by atoms with Gasteiger partial charge >= 0.3 is 5.97 Å². The molecule has 0 aliphatic rings. The Kier molecular flexibility index (Phi) is 6.07. The van der Waals surface area contributed by atoms with E-state index in [4.69, 9.17) is 4.74 Å². The van der Waals surface area contributed by atoms with Gasteiger partial charge in [0, 0.05) is 12.1 Å². The van der Waals surface area contributed by atoms with E-state index in [0.717, 1.165) is 24.3 Å². The number of non-ortho nitro benzene ring substituents is 1. The van der Waals surface area contributed by atoms with Gasteiger partial charge in [0.05, 0.1) is 9.82 Å². The predicted molar refractivity (Wildman–Crippen MR) is 87.9 cm³/mol. The molecule has 0 saturated heterocycles. The van der Waals surface area contributed by atoms with Crippen LogP contribution in [-0.4, -0.2) is 31.0 Å². The van der Waals surface area contributed by atoms with Gasteiger partial charge in [-0.05, 0) is 38.8 Å². The summed E-state index contributed by atoms with van der Waals surface area (Å²) in [5, 5.41) is 10.6. The van der Waals surface area contributed by atoms with Crippen LogP contribution in [-0.2, 0) is 19.6 Å². The lowest BCUT2D eigenvalue weighted by Gasteiger charge is -2.26. The zero-order valence-electron chi connectivity index (χ0n) is 14.3. The summed E-state index contributed by atoms with van der Waals surface area (Å²) >= 11 is 0. The number of esters is 1. The van der Waals surface area contributed by atoms with E-state index in [2.05, 4.69) is 4.72 Å². The Labute approximate surface area is 141 Å². The summed E-state index contributed by atoms with van der Waals surface area (Å²) in [7, 11) is -4.02. The van der Waals surface area contributed by atoms with E-state index in [-0.39, 0.29) is 16.5 Å². The Balaban J connectivity index is 3.04. The van der Waals surface area contributed by atoms with Crippen LogP contribution in [0.1, 0.15) is 34.6 Å². The average Bonchev–Trinajstić information content (AvgIpc) is 2.42. The average molecular weight is 358 g/mol. The maximum atomic E-state index is 12.4. The Morgan fingerprint density at radius 3 is 2.08 bits per heavy atom. The first-order valence-electron chi connectivity index (χ1n) is 7.33. The number of benzene rings is 1. The van der Waals surface area contributed by atoms with Crippen LogP contribution in [0.4, 0.5) is 5.69 Å². The minimum Gasteiger partial charge on any atom is -0.459 e. The number of sulfonamides is 1. The van der Waals surface area contributed by atoms with E-state index in [9.17, 15) is 23.3 Å². The Morgan fingerprint density at radius 1 is 1.21 bits per heavy atom. The number of hydrogen-bond acceptors (Lipinski definition) is 6. The van der Waals surface area contributed by atoms with Crippen LogP contribution in [0.2, 0.25) is 0 Å². The highest BCUT2D eigenvalue weighted by Crippen LogP contribution is 2.18. The zero-order chi connectivity index (χ0) is 18.7. The van der Waals surface area contributed by atoms with E-state index in [0.29, 0.717) is 0 Å². The van der Waals surface area contributed by atoms with Crippen LogP contribution in [0.15, 0.2) is 29.2 Å². The standard InChI is InChI=1S/C15H22N2O6S/c1-10(2)13(14(18)23-15(3,4)5)16-24(21,22)12-8-6-11(7-9-12)17(19)20/h6-10,13,16H,1-5H3/t13-/m1/s1. The molecule has 1 atom stereocenters. The van der Waals surface area contributed by atoms with Gasteiger partial charge in [-0.25, -0.2) is 8.42 Å². The number of rotatable bonds is 6. The lowest BCUT2D eigenvalue weighted by molar-refractivity contribution is -0.384. The van der Waals surface area contributed by atoms with E-state index in [1.807, 2.05) is 0 Å². The smallest absolute Gasteiger partial charge is 0.324 e. The molecule has 0 radical (unpaired) electrons. The maximum Gasteiger partial charge on any atom is 0.324 e. The van der Waals surface area contributed by atoms with E-state index in [1.165, 1.54) is 0 Å². The summed E-state index contributed by atoms with van der Waals surface area (Å²) in [4.78, 5) is 22.1. The molecule has 0 unspecified atom stereocenters. The number of hydrogen-bond donors (Lipinski definition) is 1. The van der Waals surface area contributed by atoms with Crippen LogP contribution in [0, 0.1) is 16.0 Å². The van der Waals surface area contributed by atoms with Crippen LogP contribution < -0.4 is 4.72 Å². The highest BCUT2D eigenvalue weighted by Gasteiger charge is 2.32. The molecule has 0 bridgehead atoms. The molecule has 0 fully saturated rings. The normalized spacial score (nSPS) is 13.6. The lowest BCUT2D eigenvalue weighted by Crippen LogP contribution is -2.47. The van der Waals surface area contributed by atoms with E-state index >= 15 is 0 Å². The number of nitrogens with one attached hydrogen (secondary N) is 1. The molecule has 24 heavy (non-hydrogen) atoms. The number of carbonyl (C=O) groups excluding carboxylic acids is 1. The quantitative estimate of drug-likeness (QED) is 0.474. The van der Waals surface area contributed by atoms with Crippen molar-refractivity contribution >= 4 is 21.7 Å². The van der Waals surface area contributed by atoms with Crippen LogP contribution in [0.3, 0.4) is 0 Å². The van der Waals surface area contributed by atoms with Crippen molar-refractivity contribution in [3.8, 4) is 0 Å². The SMILES string of the molecule is CC(C)[C@@H](NS(=O)(=O)c1ccc([N+](=O)[O-])cc1)C(=O)OC(C)(C)C. The molecule has 0 aliphatic carbocycles. The van der Waals surface area contributed by atoms with Crippen molar-refractivity contribution in [1.29, 1.82) is 0 Å². The topological polar surface area (TPSA) is 116 Å². The van der Waals surface area contributed by atoms with Crippen molar-refractivity contribution in [2.24, 2.45) is 5.92 Å². The molecule has 0 aromatic heterocycles. The monoisotopic (exact) mass is 358 g/mol. The first-order chi connectivity index (χ1) is 10.8. The number of nitro groups is 1. The summed E-state index contributed by atoms with van der Waals surface area (Å²) < 4.78 is 32.4. The highest BCUT2D eigenvalue weighted by molar-refractivity contribution is 7.89. The molecular weight excluding hydrogens is 336 g/mol. The summed E-state index contributed by atoms with van der Waals surface area (Å²) in [5.41, 5.74) is -0.968. The largest absolute Gasteiger partial charge is 0.459 e. The van der Waals surface area contributed by atoms with Gasteiger partial charge in [0.1, 0.15) is 11.6 Å². The molecular formula is C15H22N2O6S. The third-order valence-corrected chi connectivity index (χ3v) is 4.42. The molecule has 0 saturated carbocycles. The second-order valence-electron chi connectivity index (χ2n) is 6.63. The Morgan fingerprint density at radius 2 is 1.71 bits per heavy atom. The van der Waals surface area contributed by atoms with Gasteiger partial charge in [0.15, 0.2) is 0 Å². The van der Waals surface area contributed by atoms with Gasteiger partial charge in [0.2, 0.25) is 10.0 Å². The fraction of sp³-hybridized carbons (Fsp3) is 0.533. The molecule has 1 rings (SSSR count). The van der Waals surface area contributed by atoms with Crippen LogP contribution >= 0.6 is 0 Å². The summed E-state index contributed by atoms with van der Waals surface area (Å²) in [5.74, 6) is -1.02. The summed E-state index contributed by atoms with van der Waals surface area (Å²) in [6.45, 7) is 8.44. The molecule has 134 valence electrons. The van der Waals surface area contributed by atoms with E-state index < -0.39 is 32.6 Å². The number of nitrogens with zero attached hydrogens (tertiary/aromatic N) is 1. The van der Waals surface area contributed by atoms with Crippen molar-refractivity contribution in [3.63, 3.8) is 0 Å². The van der Waals surface area contributed by atoms with Crippen LogP contribution in [0.5, 0.6) is 0 Å². The predicted octanol–water partition coefficient (Wildman–Crippen LogP) is 2.24. The van der Waals surface area contributed by atoms with Gasteiger partial charge in [-0.1, -0.05) is 13.8 Å². The number of ether oxygens (including phenoxy) is 1. The number of nitro benzene ring substituents is 1. The maximum absolute atomic E-state index is 12.4. The Hall–Kier alpha value is -2.00. The molecule has 1 N–H and O–H groups in total. The van der Waals surface area contributed by atoms with Gasteiger partial charge < -0.3 is 4.74 Å². The molecule has 1 aromatic carbocycles. The second-order valence-corrected chi connectivity index (χ2v) is 8.34. The van der Waals surface area contributed by atoms with Gasteiger partial charge in [-0.3, -0.25) is 14.9 Å². The molecule has 0 amide bonds. The molecule has 1 aromatic rings. The van der Waals surface area contributed by atoms with Crippen molar-refractivity contribution in [2.75, 3.05) is 0 Å². The molecule has 0 aliphatic heterocycles. The minimum absolute atomic E-state index is 0.165.